The number of nitrogens with two attached hydrogens (primary N) is 2. The maximum atomic E-state index is 12.7. The van der Waals surface area contributed by atoms with E-state index in [0.29, 0.717) is 19.4 Å². The van der Waals surface area contributed by atoms with Gasteiger partial charge in [0.2, 0.25) is 11.8 Å². The van der Waals surface area contributed by atoms with Gasteiger partial charge < -0.3 is 26.2 Å². The summed E-state index contributed by atoms with van der Waals surface area (Å²) in [6, 6.07) is 6.75. The molecular weight excluding hydrogens is 345 g/mol. The number of nitrogens with one attached hydrogen (secondary N) is 1. The topological polar surface area (TPSA) is 117 Å². The smallest absolute Gasteiger partial charge is 0.289 e. The Balaban J connectivity index is 2.79. The number of ether oxygens (including phenoxy) is 1. The Bertz CT molecular complexity index is 607. The molecular formula is C19H30BN3O4. The number of carbonyl (C=O) groups is 2. The van der Waals surface area contributed by atoms with Crippen LogP contribution in [-0.4, -0.2) is 38.7 Å². The van der Waals surface area contributed by atoms with Crippen molar-refractivity contribution in [3.63, 3.8) is 0 Å². The van der Waals surface area contributed by atoms with E-state index in [-0.39, 0.29) is 26.0 Å². The first kappa shape index (κ1) is 22.7. The molecule has 0 saturated carbocycles. The van der Waals surface area contributed by atoms with Crippen LogP contribution in [0, 0.1) is 5.92 Å². The Morgan fingerprint density at radius 1 is 1.30 bits per heavy atom. The Hall–Kier alpha value is -2.32. The maximum absolute atomic E-state index is 12.7. The zero-order valence-corrected chi connectivity index (χ0v) is 16.1. The number of hydrogen-bond acceptors (Lipinski definition) is 5. The molecule has 0 radical (unpaired) electrons. The molecule has 5 N–H and O–H groups in total. The van der Waals surface area contributed by atoms with Gasteiger partial charge in [-0.3, -0.25) is 9.59 Å². The monoisotopic (exact) mass is 375 g/mol. The van der Waals surface area contributed by atoms with Crippen LogP contribution in [0.25, 0.3) is 0 Å². The van der Waals surface area contributed by atoms with Crippen LogP contribution >= 0.6 is 0 Å². The SMILES string of the molecule is C=CCOc1ccc(C[C@H](BOCN)C(=O)N[C@@H](CC(C)C)C(N)=O)cc1. The standard InChI is InChI=1S/C19H30BN3O4/c1-4-9-26-15-7-5-14(6-8-15)11-16(20-27-12-21)19(25)23-17(18(22)24)10-13(2)3/h4-8,13,16-17,20H,1,9-12,21H2,2-3H3,(H2,22,24)(H,23,25)/t16-,17-/m0/s1. The van der Waals surface area contributed by atoms with E-state index in [0.717, 1.165) is 11.3 Å². The van der Waals surface area contributed by atoms with Gasteiger partial charge in [-0.1, -0.05) is 38.6 Å². The minimum atomic E-state index is -0.701. The second-order valence-electron chi connectivity index (χ2n) is 6.78. The lowest BCUT2D eigenvalue weighted by atomic mass is 9.75. The van der Waals surface area contributed by atoms with Crippen LogP contribution in [0.15, 0.2) is 36.9 Å². The molecule has 0 aliphatic heterocycles. The molecule has 27 heavy (non-hydrogen) atoms. The van der Waals surface area contributed by atoms with E-state index < -0.39 is 17.8 Å². The van der Waals surface area contributed by atoms with Crippen molar-refractivity contribution in [1.29, 1.82) is 0 Å². The lowest BCUT2D eigenvalue weighted by Gasteiger charge is -2.21. The molecule has 0 aliphatic carbocycles. The fourth-order valence-corrected chi connectivity index (χ4v) is 2.61. The zero-order valence-electron chi connectivity index (χ0n) is 16.1. The van der Waals surface area contributed by atoms with Crippen LogP contribution in [0.5, 0.6) is 5.75 Å². The first-order valence-corrected chi connectivity index (χ1v) is 9.07. The molecule has 0 bridgehead atoms. The fourth-order valence-electron chi connectivity index (χ4n) is 2.61. The third-order valence-corrected chi connectivity index (χ3v) is 3.95. The van der Waals surface area contributed by atoms with Gasteiger partial charge in [0.05, 0.1) is 6.73 Å². The van der Waals surface area contributed by atoms with Crippen molar-refractivity contribution >= 4 is 19.3 Å². The lowest BCUT2D eigenvalue weighted by Crippen LogP contribution is -2.47. The Labute approximate surface area is 161 Å². The van der Waals surface area contributed by atoms with Crippen LogP contribution in [0.3, 0.4) is 0 Å². The van der Waals surface area contributed by atoms with Crippen molar-refractivity contribution in [2.45, 2.75) is 38.5 Å². The van der Waals surface area contributed by atoms with E-state index in [1.165, 1.54) is 0 Å². The second kappa shape index (κ2) is 12.1. The summed E-state index contributed by atoms with van der Waals surface area (Å²) in [5, 5.41) is 2.75. The molecule has 148 valence electrons. The summed E-state index contributed by atoms with van der Waals surface area (Å²) in [6.45, 7) is 7.99. The molecule has 2 atom stereocenters. The molecule has 0 aliphatic rings. The number of benzene rings is 1. The quantitative estimate of drug-likeness (QED) is 0.269. The average molecular weight is 375 g/mol. The largest absolute Gasteiger partial charge is 0.490 e. The lowest BCUT2D eigenvalue weighted by molar-refractivity contribution is -0.127. The van der Waals surface area contributed by atoms with Crippen molar-refractivity contribution in [2.24, 2.45) is 17.4 Å². The summed E-state index contributed by atoms with van der Waals surface area (Å²) < 4.78 is 10.7. The van der Waals surface area contributed by atoms with E-state index in [4.69, 9.17) is 20.9 Å². The van der Waals surface area contributed by atoms with E-state index >= 15 is 0 Å². The van der Waals surface area contributed by atoms with E-state index in [9.17, 15) is 9.59 Å². The van der Waals surface area contributed by atoms with Crippen LogP contribution < -0.4 is 21.5 Å². The summed E-state index contributed by atoms with van der Waals surface area (Å²) in [4.78, 5) is 24.3. The van der Waals surface area contributed by atoms with Crippen molar-refractivity contribution in [1.82, 2.24) is 5.32 Å². The molecule has 0 fully saturated rings. The predicted molar refractivity (Wildman–Crippen MR) is 107 cm³/mol. The van der Waals surface area contributed by atoms with Gasteiger partial charge in [-0.2, -0.15) is 0 Å². The minimum Gasteiger partial charge on any atom is -0.490 e. The normalized spacial score (nSPS) is 12.9. The highest BCUT2D eigenvalue weighted by molar-refractivity contribution is 6.37. The van der Waals surface area contributed by atoms with E-state index in [1.54, 1.807) is 6.08 Å². The van der Waals surface area contributed by atoms with Gasteiger partial charge in [-0.05, 0) is 36.5 Å². The first-order chi connectivity index (χ1) is 12.9. The molecule has 0 saturated heterocycles. The van der Waals surface area contributed by atoms with Crippen LogP contribution in [-0.2, 0) is 20.7 Å². The second-order valence-corrected chi connectivity index (χ2v) is 6.78. The molecule has 0 aromatic heterocycles. The Kier molecular flexibility index (Phi) is 10.2. The van der Waals surface area contributed by atoms with Gasteiger partial charge in [0.1, 0.15) is 18.4 Å². The van der Waals surface area contributed by atoms with Gasteiger partial charge in [0.15, 0.2) is 0 Å². The number of rotatable bonds is 13. The Morgan fingerprint density at radius 3 is 2.48 bits per heavy atom. The number of primary amides is 1. The molecule has 0 spiro atoms. The summed E-state index contributed by atoms with van der Waals surface area (Å²) in [5.74, 6) is -0.352. The first-order valence-electron chi connectivity index (χ1n) is 9.07. The highest BCUT2D eigenvalue weighted by atomic mass is 16.5. The third-order valence-electron chi connectivity index (χ3n) is 3.95. The van der Waals surface area contributed by atoms with Crippen molar-refractivity contribution in [3.05, 3.63) is 42.5 Å². The summed E-state index contributed by atoms with van der Waals surface area (Å²) in [7, 11) is 0.157. The minimum absolute atomic E-state index is 0.0172. The zero-order chi connectivity index (χ0) is 20.2. The van der Waals surface area contributed by atoms with Gasteiger partial charge in [-0.15, -0.1) is 0 Å². The van der Waals surface area contributed by atoms with Crippen molar-refractivity contribution < 1.29 is 19.0 Å². The van der Waals surface area contributed by atoms with Gasteiger partial charge in [0.25, 0.3) is 7.48 Å². The van der Waals surface area contributed by atoms with Crippen LogP contribution in [0.2, 0.25) is 5.82 Å². The molecule has 0 heterocycles. The van der Waals surface area contributed by atoms with E-state index in [1.807, 2.05) is 38.1 Å². The summed E-state index contributed by atoms with van der Waals surface area (Å²) >= 11 is 0. The van der Waals surface area contributed by atoms with E-state index in [2.05, 4.69) is 11.9 Å². The van der Waals surface area contributed by atoms with Gasteiger partial charge in [0, 0.05) is 5.82 Å². The summed E-state index contributed by atoms with van der Waals surface area (Å²) in [6.07, 6.45) is 2.60. The highest BCUT2D eigenvalue weighted by Crippen LogP contribution is 2.18. The molecule has 1 aromatic rings. The maximum Gasteiger partial charge on any atom is 0.289 e. The molecule has 1 aromatic carbocycles. The van der Waals surface area contributed by atoms with Crippen LogP contribution in [0.4, 0.5) is 0 Å². The summed E-state index contributed by atoms with van der Waals surface area (Å²) in [5.41, 5.74) is 11.8. The molecule has 8 heteroatoms. The average Bonchev–Trinajstić information content (AvgIpc) is 2.63. The third kappa shape index (κ3) is 8.75. The number of amides is 2. The molecule has 7 nitrogen and oxygen atoms in total. The number of hydrogen-bond donors (Lipinski definition) is 3. The molecule has 2 amide bonds. The number of carbonyl (C=O) groups excluding carboxylic acids is 2. The van der Waals surface area contributed by atoms with Crippen molar-refractivity contribution in [2.75, 3.05) is 13.3 Å². The van der Waals surface area contributed by atoms with Crippen molar-refractivity contribution in [3.8, 4) is 5.75 Å². The fraction of sp³-hybridized carbons (Fsp3) is 0.474. The molecule has 0 unspecified atom stereocenters. The predicted octanol–water partition coefficient (Wildman–Crippen LogP) is 0.883. The highest BCUT2D eigenvalue weighted by Gasteiger charge is 2.26. The van der Waals surface area contributed by atoms with Gasteiger partial charge >= 0.3 is 0 Å². The Morgan fingerprint density at radius 2 is 1.96 bits per heavy atom. The van der Waals surface area contributed by atoms with Gasteiger partial charge in [-0.25, -0.2) is 0 Å². The van der Waals surface area contributed by atoms with Crippen LogP contribution in [0.1, 0.15) is 25.8 Å². The molecule has 1 rings (SSSR count).